The van der Waals surface area contributed by atoms with Crippen molar-refractivity contribution < 1.29 is 9.59 Å². The number of amides is 2. The number of carbonyl (C=O) groups excluding carboxylic acids is 2. The van der Waals surface area contributed by atoms with Crippen LogP contribution in [0.15, 0.2) is 61.3 Å². The molecule has 1 saturated heterocycles. The molecule has 1 aromatic heterocycles. The first kappa shape index (κ1) is 20.2. The van der Waals surface area contributed by atoms with Gasteiger partial charge in [0, 0.05) is 48.5 Å². The van der Waals surface area contributed by atoms with Crippen LogP contribution in [0.3, 0.4) is 0 Å². The number of anilines is 2. The van der Waals surface area contributed by atoms with Gasteiger partial charge in [-0.15, -0.1) is 0 Å². The number of para-hydroxylation sites is 1. The highest BCUT2D eigenvalue weighted by Gasteiger charge is 2.29. The molecule has 2 amide bonds. The molecule has 0 spiro atoms. The highest BCUT2D eigenvalue weighted by Crippen LogP contribution is 2.29. The van der Waals surface area contributed by atoms with E-state index in [-0.39, 0.29) is 17.9 Å². The fourth-order valence-corrected chi connectivity index (χ4v) is 4.54. The predicted molar refractivity (Wildman–Crippen MR) is 125 cm³/mol. The molecule has 3 heterocycles. The summed E-state index contributed by atoms with van der Waals surface area (Å²) in [5, 5.41) is 4.38. The van der Waals surface area contributed by atoms with Gasteiger partial charge in [-0.05, 0) is 55.2 Å². The van der Waals surface area contributed by atoms with Crippen molar-refractivity contribution in [3.05, 3.63) is 72.4 Å². The summed E-state index contributed by atoms with van der Waals surface area (Å²) in [5.74, 6) is 0.502. The summed E-state index contributed by atoms with van der Waals surface area (Å²) in [6.45, 7) is 5.56. The van der Waals surface area contributed by atoms with Gasteiger partial charge in [0.05, 0.1) is 5.52 Å². The van der Waals surface area contributed by atoms with Crippen molar-refractivity contribution in [2.75, 3.05) is 29.9 Å². The standard InChI is InChI=1S/C25H25N5O2/c1-2-23(31)30-12-5-7-17-14-18(9-10-22(17)30)24(32)29-13-11-20(16-29)27-25-26-15-19-6-3-4-8-21(19)28-25/h2-4,6,8-10,14-15,20H,1,5,7,11-13,16H2,(H,26,27,28). The van der Waals surface area contributed by atoms with Crippen molar-refractivity contribution >= 4 is 34.4 Å². The van der Waals surface area contributed by atoms with Gasteiger partial charge in [0.1, 0.15) is 0 Å². The molecule has 7 heteroatoms. The fraction of sp³-hybridized carbons (Fsp3) is 0.280. The van der Waals surface area contributed by atoms with Gasteiger partial charge < -0.3 is 15.1 Å². The highest BCUT2D eigenvalue weighted by molar-refractivity contribution is 6.02. The number of nitrogens with zero attached hydrogens (tertiary/aromatic N) is 4. The summed E-state index contributed by atoms with van der Waals surface area (Å²) >= 11 is 0. The second-order valence-electron chi connectivity index (χ2n) is 8.27. The Morgan fingerprint density at radius 1 is 1.16 bits per heavy atom. The molecule has 2 aliphatic heterocycles. The molecular weight excluding hydrogens is 402 g/mol. The molecule has 162 valence electrons. The van der Waals surface area contributed by atoms with Crippen LogP contribution < -0.4 is 10.2 Å². The third-order valence-corrected chi connectivity index (χ3v) is 6.18. The summed E-state index contributed by atoms with van der Waals surface area (Å²) in [4.78, 5) is 37.9. The first-order valence-corrected chi connectivity index (χ1v) is 11.0. The Kier molecular flexibility index (Phi) is 5.31. The van der Waals surface area contributed by atoms with Crippen molar-refractivity contribution in [2.45, 2.75) is 25.3 Å². The molecule has 0 bridgehead atoms. The number of hydrogen-bond acceptors (Lipinski definition) is 5. The summed E-state index contributed by atoms with van der Waals surface area (Å²) < 4.78 is 0. The van der Waals surface area contributed by atoms with Crippen LogP contribution in [0.2, 0.25) is 0 Å². The molecule has 0 aliphatic carbocycles. The predicted octanol–water partition coefficient (Wildman–Crippen LogP) is 3.42. The molecule has 7 nitrogen and oxygen atoms in total. The fourth-order valence-electron chi connectivity index (χ4n) is 4.54. The maximum atomic E-state index is 13.1. The maximum absolute atomic E-state index is 13.1. The van der Waals surface area contributed by atoms with Crippen LogP contribution in [0.25, 0.3) is 10.9 Å². The molecule has 3 aromatic rings. The van der Waals surface area contributed by atoms with E-state index in [0.29, 0.717) is 31.1 Å². The van der Waals surface area contributed by atoms with Crippen molar-refractivity contribution in [1.82, 2.24) is 14.9 Å². The first-order chi connectivity index (χ1) is 15.6. The van der Waals surface area contributed by atoms with Crippen LogP contribution in [-0.4, -0.2) is 52.4 Å². The molecule has 1 unspecified atom stereocenters. The maximum Gasteiger partial charge on any atom is 0.253 e. The van der Waals surface area contributed by atoms with E-state index in [9.17, 15) is 9.59 Å². The Balaban J connectivity index is 1.27. The van der Waals surface area contributed by atoms with Gasteiger partial charge in [-0.3, -0.25) is 9.59 Å². The Morgan fingerprint density at radius 2 is 2.03 bits per heavy atom. The van der Waals surface area contributed by atoms with Crippen LogP contribution in [0.5, 0.6) is 0 Å². The minimum atomic E-state index is -0.102. The second-order valence-corrected chi connectivity index (χ2v) is 8.27. The highest BCUT2D eigenvalue weighted by atomic mass is 16.2. The van der Waals surface area contributed by atoms with E-state index in [1.54, 1.807) is 4.90 Å². The lowest BCUT2D eigenvalue weighted by atomic mass is 9.98. The van der Waals surface area contributed by atoms with Gasteiger partial charge in [0.15, 0.2) is 0 Å². The SMILES string of the molecule is C=CC(=O)N1CCCc2cc(C(=O)N3CCC(Nc4ncc5ccccc5n4)C3)ccc21. The lowest BCUT2D eigenvalue weighted by molar-refractivity contribution is -0.114. The van der Waals surface area contributed by atoms with Gasteiger partial charge in [-0.2, -0.15) is 0 Å². The van der Waals surface area contributed by atoms with E-state index in [4.69, 9.17) is 0 Å². The molecule has 0 radical (unpaired) electrons. The first-order valence-electron chi connectivity index (χ1n) is 11.0. The Morgan fingerprint density at radius 3 is 2.91 bits per heavy atom. The second kappa shape index (κ2) is 8.42. The zero-order valence-corrected chi connectivity index (χ0v) is 17.8. The molecule has 1 atom stereocenters. The minimum Gasteiger partial charge on any atom is -0.350 e. The number of likely N-dealkylation sites (tertiary alicyclic amines) is 1. The third-order valence-electron chi connectivity index (χ3n) is 6.18. The van der Waals surface area contributed by atoms with Crippen LogP contribution in [0.4, 0.5) is 11.6 Å². The van der Waals surface area contributed by atoms with Gasteiger partial charge in [-0.1, -0.05) is 24.8 Å². The summed E-state index contributed by atoms with van der Waals surface area (Å²) in [6.07, 6.45) is 5.74. The van der Waals surface area contributed by atoms with Crippen molar-refractivity contribution in [3.8, 4) is 0 Å². The molecule has 0 saturated carbocycles. The van der Waals surface area contributed by atoms with E-state index in [2.05, 4.69) is 21.9 Å². The number of nitrogens with one attached hydrogen (secondary N) is 1. The Bertz CT molecular complexity index is 1210. The zero-order chi connectivity index (χ0) is 22.1. The van der Waals surface area contributed by atoms with Crippen molar-refractivity contribution in [3.63, 3.8) is 0 Å². The van der Waals surface area contributed by atoms with Crippen molar-refractivity contribution in [2.24, 2.45) is 0 Å². The van der Waals surface area contributed by atoms with E-state index in [1.807, 2.05) is 53.6 Å². The van der Waals surface area contributed by atoms with Crippen LogP contribution in [0, 0.1) is 0 Å². The van der Waals surface area contributed by atoms with Gasteiger partial charge in [-0.25, -0.2) is 9.97 Å². The third kappa shape index (κ3) is 3.82. The lowest BCUT2D eigenvalue weighted by Gasteiger charge is -2.29. The largest absolute Gasteiger partial charge is 0.350 e. The van der Waals surface area contributed by atoms with Gasteiger partial charge >= 0.3 is 0 Å². The van der Waals surface area contributed by atoms with Gasteiger partial charge in [0.2, 0.25) is 11.9 Å². The average Bonchev–Trinajstić information content (AvgIpc) is 3.30. The average molecular weight is 428 g/mol. The number of carbonyl (C=O) groups is 2. The smallest absolute Gasteiger partial charge is 0.253 e. The molecule has 1 N–H and O–H groups in total. The van der Waals surface area contributed by atoms with Gasteiger partial charge in [0.25, 0.3) is 5.91 Å². The lowest BCUT2D eigenvalue weighted by Crippen LogP contribution is -2.35. The van der Waals surface area contributed by atoms with Crippen LogP contribution >= 0.6 is 0 Å². The van der Waals surface area contributed by atoms with Crippen LogP contribution in [-0.2, 0) is 11.2 Å². The summed E-state index contributed by atoms with van der Waals surface area (Å²) in [6, 6.07) is 13.6. The Labute approximate surface area is 186 Å². The van der Waals surface area contributed by atoms with E-state index < -0.39 is 0 Å². The molecule has 5 rings (SSSR count). The molecular formula is C25H25N5O2. The van der Waals surface area contributed by atoms with E-state index in [0.717, 1.165) is 41.4 Å². The summed E-state index contributed by atoms with van der Waals surface area (Å²) in [5.41, 5.74) is 3.48. The molecule has 2 aliphatic rings. The zero-order valence-electron chi connectivity index (χ0n) is 17.8. The normalized spacial score (nSPS) is 17.8. The topological polar surface area (TPSA) is 78.4 Å². The number of aryl methyl sites for hydroxylation is 1. The van der Waals surface area contributed by atoms with Crippen LogP contribution in [0.1, 0.15) is 28.8 Å². The minimum absolute atomic E-state index is 0.0173. The van der Waals surface area contributed by atoms with Crippen molar-refractivity contribution in [1.29, 1.82) is 0 Å². The monoisotopic (exact) mass is 427 g/mol. The molecule has 2 aromatic carbocycles. The quantitative estimate of drug-likeness (QED) is 0.646. The number of benzene rings is 2. The number of hydrogen-bond donors (Lipinski definition) is 1. The number of fused-ring (bicyclic) bond motifs is 2. The molecule has 1 fully saturated rings. The summed E-state index contributed by atoms with van der Waals surface area (Å²) in [7, 11) is 0. The molecule has 32 heavy (non-hydrogen) atoms. The van der Waals surface area contributed by atoms with E-state index >= 15 is 0 Å². The number of rotatable bonds is 4. The Hall–Kier alpha value is -3.74. The van der Waals surface area contributed by atoms with E-state index in [1.165, 1.54) is 6.08 Å². The number of aromatic nitrogens is 2.